The van der Waals surface area contributed by atoms with Gasteiger partial charge >= 0.3 is 0 Å². The van der Waals surface area contributed by atoms with Crippen molar-refractivity contribution in [1.82, 2.24) is 9.97 Å². The molecule has 2 aromatic heterocycles. The van der Waals surface area contributed by atoms with Crippen LogP contribution in [-0.4, -0.2) is 37.2 Å². The number of nitrogens with zero attached hydrogens (tertiary/aromatic N) is 2. The summed E-state index contributed by atoms with van der Waals surface area (Å²) in [6.07, 6.45) is 3.20. The number of methoxy groups -OCH3 is 3. The minimum atomic E-state index is -0.382. The number of amides is 1. The summed E-state index contributed by atoms with van der Waals surface area (Å²) in [6, 6.07) is 10.1. The van der Waals surface area contributed by atoms with Crippen LogP contribution in [0.5, 0.6) is 17.2 Å². The lowest BCUT2D eigenvalue weighted by atomic mass is 10.1. The van der Waals surface area contributed by atoms with E-state index in [1.807, 2.05) is 0 Å². The number of halogens is 1. The van der Waals surface area contributed by atoms with Crippen molar-refractivity contribution < 1.29 is 19.0 Å². The van der Waals surface area contributed by atoms with E-state index in [0.717, 1.165) is 5.56 Å². The Labute approximate surface area is 167 Å². The molecule has 0 aliphatic rings. The molecule has 1 N–H and O–H groups in total. The van der Waals surface area contributed by atoms with Crippen LogP contribution >= 0.6 is 11.6 Å². The van der Waals surface area contributed by atoms with E-state index in [4.69, 9.17) is 25.8 Å². The summed E-state index contributed by atoms with van der Waals surface area (Å²) in [5.74, 6) is 0.932. The third-order valence-corrected chi connectivity index (χ3v) is 4.26. The van der Waals surface area contributed by atoms with Crippen LogP contribution in [0.15, 0.2) is 48.8 Å². The van der Waals surface area contributed by atoms with Crippen molar-refractivity contribution in [2.45, 2.75) is 0 Å². The molecule has 3 rings (SSSR count). The van der Waals surface area contributed by atoms with Crippen LogP contribution in [0.4, 0.5) is 5.69 Å². The molecule has 0 atom stereocenters. The maximum Gasteiger partial charge on any atom is 0.274 e. The zero-order valence-electron chi connectivity index (χ0n) is 15.5. The summed E-state index contributed by atoms with van der Waals surface area (Å²) in [6.45, 7) is 0. The van der Waals surface area contributed by atoms with Gasteiger partial charge in [0, 0.05) is 35.8 Å². The molecule has 7 nitrogen and oxygen atoms in total. The molecule has 0 bridgehead atoms. The lowest BCUT2D eigenvalue weighted by Crippen LogP contribution is -2.14. The van der Waals surface area contributed by atoms with Crippen molar-refractivity contribution >= 4 is 23.2 Å². The topological polar surface area (TPSA) is 82.6 Å². The molecule has 0 unspecified atom stereocenters. The van der Waals surface area contributed by atoms with Crippen molar-refractivity contribution in [2.75, 3.05) is 26.6 Å². The number of hydrogen-bond donors (Lipinski definition) is 1. The first-order chi connectivity index (χ1) is 13.6. The van der Waals surface area contributed by atoms with Crippen LogP contribution in [0.3, 0.4) is 0 Å². The predicted molar refractivity (Wildman–Crippen MR) is 107 cm³/mol. The SMILES string of the molecule is COc1cc(NC(=O)c2ccc(-c3ncccc3Cl)cn2)cc(OC)c1OC. The smallest absolute Gasteiger partial charge is 0.274 e. The molecule has 1 amide bonds. The van der Waals surface area contributed by atoms with E-state index in [2.05, 4.69) is 15.3 Å². The van der Waals surface area contributed by atoms with Crippen molar-refractivity contribution in [2.24, 2.45) is 0 Å². The summed E-state index contributed by atoms with van der Waals surface area (Å²) in [5.41, 5.74) is 2.05. The maximum atomic E-state index is 12.6. The van der Waals surface area contributed by atoms with Gasteiger partial charge in [-0.15, -0.1) is 0 Å². The van der Waals surface area contributed by atoms with Gasteiger partial charge in [0.05, 0.1) is 32.0 Å². The third kappa shape index (κ3) is 3.99. The molecular weight excluding hydrogens is 382 g/mol. The average molecular weight is 400 g/mol. The zero-order chi connectivity index (χ0) is 20.1. The Morgan fingerprint density at radius 2 is 1.71 bits per heavy atom. The Hall–Kier alpha value is -3.32. The number of carbonyl (C=O) groups is 1. The van der Waals surface area contributed by atoms with Gasteiger partial charge < -0.3 is 19.5 Å². The van der Waals surface area contributed by atoms with Gasteiger partial charge in [-0.2, -0.15) is 0 Å². The molecular formula is C20H18ClN3O4. The minimum Gasteiger partial charge on any atom is -0.493 e. The van der Waals surface area contributed by atoms with Gasteiger partial charge in [-0.05, 0) is 24.3 Å². The van der Waals surface area contributed by atoms with E-state index in [0.29, 0.717) is 33.7 Å². The number of aromatic nitrogens is 2. The lowest BCUT2D eigenvalue weighted by Gasteiger charge is -2.14. The van der Waals surface area contributed by atoms with Crippen LogP contribution in [0.2, 0.25) is 5.02 Å². The summed E-state index contributed by atoms with van der Waals surface area (Å²) in [7, 11) is 4.52. The molecule has 0 spiro atoms. The molecule has 0 saturated heterocycles. The normalized spacial score (nSPS) is 10.3. The first kappa shape index (κ1) is 19.4. The number of rotatable bonds is 6. The summed E-state index contributed by atoms with van der Waals surface area (Å²) < 4.78 is 15.9. The largest absolute Gasteiger partial charge is 0.493 e. The van der Waals surface area contributed by atoms with Crippen molar-refractivity contribution in [1.29, 1.82) is 0 Å². The highest BCUT2D eigenvalue weighted by Crippen LogP contribution is 2.40. The van der Waals surface area contributed by atoms with E-state index < -0.39 is 0 Å². The van der Waals surface area contributed by atoms with E-state index in [1.165, 1.54) is 21.3 Å². The highest BCUT2D eigenvalue weighted by atomic mass is 35.5. The van der Waals surface area contributed by atoms with Crippen LogP contribution in [0.1, 0.15) is 10.5 Å². The Balaban J connectivity index is 1.83. The Morgan fingerprint density at radius 3 is 2.25 bits per heavy atom. The van der Waals surface area contributed by atoms with Crippen LogP contribution in [0.25, 0.3) is 11.3 Å². The standard InChI is InChI=1S/C20H18ClN3O4/c1-26-16-9-13(10-17(27-2)19(16)28-3)24-20(25)15-7-6-12(11-23-15)18-14(21)5-4-8-22-18/h4-11H,1-3H3,(H,24,25). The number of carbonyl (C=O) groups excluding carboxylic acids is 1. The van der Waals surface area contributed by atoms with Gasteiger partial charge in [0.1, 0.15) is 5.69 Å². The molecule has 3 aromatic rings. The van der Waals surface area contributed by atoms with Crippen molar-refractivity contribution in [3.8, 4) is 28.5 Å². The van der Waals surface area contributed by atoms with Gasteiger partial charge in [-0.25, -0.2) is 0 Å². The van der Waals surface area contributed by atoms with E-state index in [-0.39, 0.29) is 11.6 Å². The first-order valence-electron chi connectivity index (χ1n) is 8.25. The van der Waals surface area contributed by atoms with Gasteiger partial charge in [0.15, 0.2) is 11.5 Å². The minimum absolute atomic E-state index is 0.240. The molecule has 0 radical (unpaired) electrons. The Bertz CT molecular complexity index is 968. The van der Waals surface area contributed by atoms with Gasteiger partial charge in [0.2, 0.25) is 5.75 Å². The van der Waals surface area contributed by atoms with Crippen LogP contribution < -0.4 is 19.5 Å². The fourth-order valence-electron chi connectivity index (χ4n) is 2.61. The number of ether oxygens (including phenoxy) is 3. The number of nitrogens with one attached hydrogen (secondary N) is 1. The second kappa shape index (κ2) is 8.58. The lowest BCUT2D eigenvalue weighted by molar-refractivity contribution is 0.102. The molecule has 144 valence electrons. The van der Waals surface area contributed by atoms with Crippen molar-refractivity contribution in [3.05, 3.63) is 59.5 Å². The first-order valence-corrected chi connectivity index (χ1v) is 8.63. The van der Waals surface area contributed by atoms with E-state index in [1.54, 1.807) is 48.8 Å². The molecule has 8 heteroatoms. The molecule has 28 heavy (non-hydrogen) atoms. The molecule has 0 fully saturated rings. The van der Waals surface area contributed by atoms with E-state index >= 15 is 0 Å². The number of anilines is 1. The maximum absolute atomic E-state index is 12.6. The molecule has 0 aliphatic carbocycles. The Kier molecular flexibility index (Phi) is 5.96. The third-order valence-electron chi connectivity index (χ3n) is 3.95. The zero-order valence-corrected chi connectivity index (χ0v) is 16.3. The van der Waals surface area contributed by atoms with E-state index in [9.17, 15) is 4.79 Å². The molecule has 1 aromatic carbocycles. The summed E-state index contributed by atoms with van der Waals surface area (Å²) in [5, 5.41) is 3.28. The fraction of sp³-hybridized carbons (Fsp3) is 0.150. The quantitative estimate of drug-likeness (QED) is 0.672. The highest BCUT2D eigenvalue weighted by molar-refractivity contribution is 6.33. The molecule has 2 heterocycles. The molecule has 0 saturated carbocycles. The van der Waals surface area contributed by atoms with Crippen LogP contribution in [0, 0.1) is 0 Å². The average Bonchev–Trinajstić information content (AvgIpc) is 2.73. The van der Waals surface area contributed by atoms with Crippen molar-refractivity contribution in [3.63, 3.8) is 0 Å². The molecule has 0 aliphatic heterocycles. The summed E-state index contributed by atoms with van der Waals surface area (Å²) >= 11 is 6.15. The summed E-state index contributed by atoms with van der Waals surface area (Å²) in [4.78, 5) is 21.0. The van der Waals surface area contributed by atoms with Gasteiger partial charge in [-0.1, -0.05) is 11.6 Å². The van der Waals surface area contributed by atoms with Gasteiger partial charge in [-0.3, -0.25) is 14.8 Å². The number of benzene rings is 1. The predicted octanol–water partition coefficient (Wildman–Crippen LogP) is 4.08. The van der Waals surface area contributed by atoms with Gasteiger partial charge in [0.25, 0.3) is 5.91 Å². The fourth-order valence-corrected chi connectivity index (χ4v) is 2.85. The van der Waals surface area contributed by atoms with Crippen LogP contribution in [-0.2, 0) is 0 Å². The Morgan fingerprint density at radius 1 is 1.00 bits per heavy atom. The number of hydrogen-bond acceptors (Lipinski definition) is 6. The monoisotopic (exact) mass is 399 g/mol. The second-order valence-electron chi connectivity index (χ2n) is 5.63. The number of pyridine rings is 2. The second-order valence-corrected chi connectivity index (χ2v) is 6.04. The highest BCUT2D eigenvalue weighted by Gasteiger charge is 2.16.